The quantitative estimate of drug-likeness (QED) is 0.0561. The van der Waals surface area contributed by atoms with Gasteiger partial charge < -0.3 is 4.57 Å². The molecule has 0 amide bonds. The Labute approximate surface area is 235 Å². The van der Waals surface area contributed by atoms with Crippen LogP contribution in [0.4, 0.5) is 0 Å². The lowest BCUT2D eigenvalue weighted by Crippen LogP contribution is -2.15. The standard InChI is InChI=1S/C34H59O3P/c1-6-7-8-9-10-15-20-31-21-23-32(24-22-31)34(36)27-33(35)28-38(37,25-16-11-13-18-29(2)3)26-17-12-14-19-30(4)5/h21-24,29-30H,6-20,25-28H2,1-5H3. The van der Waals surface area contributed by atoms with Gasteiger partial charge in [-0.2, -0.15) is 0 Å². The topological polar surface area (TPSA) is 51.2 Å². The van der Waals surface area contributed by atoms with Gasteiger partial charge in [0, 0.05) is 17.9 Å². The third-order valence-corrected chi connectivity index (χ3v) is 10.8. The molecule has 0 aliphatic heterocycles. The maximum absolute atomic E-state index is 13.8. The van der Waals surface area contributed by atoms with E-state index in [0.717, 1.165) is 44.9 Å². The molecule has 0 fully saturated rings. The number of carbonyl (C=O) groups is 2. The van der Waals surface area contributed by atoms with Gasteiger partial charge in [-0.1, -0.05) is 130 Å². The Morgan fingerprint density at radius 1 is 0.684 bits per heavy atom. The van der Waals surface area contributed by atoms with Crippen molar-refractivity contribution in [3.8, 4) is 0 Å². The first-order valence-electron chi connectivity index (χ1n) is 15.9. The number of rotatable bonds is 24. The van der Waals surface area contributed by atoms with Crippen LogP contribution in [0.25, 0.3) is 0 Å². The second kappa shape index (κ2) is 20.7. The van der Waals surface area contributed by atoms with Crippen molar-refractivity contribution in [1.29, 1.82) is 0 Å². The van der Waals surface area contributed by atoms with E-state index in [1.54, 1.807) is 0 Å². The Morgan fingerprint density at radius 3 is 1.71 bits per heavy atom. The van der Waals surface area contributed by atoms with Crippen molar-refractivity contribution in [2.24, 2.45) is 11.8 Å². The van der Waals surface area contributed by atoms with E-state index < -0.39 is 7.14 Å². The highest BCUT2D eigenvalue weighted by atomic mass is 31.2. The minimum absolute atomic E-state index is 0.100. The molecule has 0 heterocycles. The lowest BCUT2D eigenvalue weighted by molar-refractivity contribution is -0.115. The molecule has 0 saturated carbocycles. The average molecular weight is 547 g/mol. The maximum Gasteiger partial charge on any atom is 0.170 e. The van der Waals surface area contributed by atoms with Gasteiger partial charge in [0.2, 0.25) is 0 Å². The zero-order chi connectivity index (χ0) is 28.2. The van der Waals surface area contributed by atoms with Gasteiger partial charge in [0.15, 0.2) is 5.78 Å². The van der Waals surface area contributed by atoms with Crippen LogP contribution in [-0.4, -0.2) is 30.1 Å². The zero-order valence-electron chi connectivity index (χ0n) is 25.6. The molecule has 0 N–H and O–H groups in total. The number of hydrogen-bond acceptors (Lipinski definition) is 3. The molecule has 0 aliphatic rings. The number of benzene rings is 1. The summed E-state index contributed by atoms with van der Waals surface area (Å²) in [7, 11) is -2.58. The van der Waals surface area contributed by atoms with Gasteiger partial charge in [0.05, 0.1) is 19.7 Å². The SMILES string of the molecule is CCCCCCCCc1ccc(C(=O)CC(=O)CP(=O)(CCCCCC(C)C)CCCCCC(C)C)cc1. The van der Waals surface area contributed by atoms with E-state index in [9.17, 15) is 14.2 Å². The second-order valence-electron chi connectivity index (χ2n) is 12.5. The lowest BCUT2D eigenvalue weighted by atomic mass is 10.0. The van der Waals surface area contributed by atoms with Crippen LogP contribution in [0.15, 0.2) is 24.3 Å². The third-order valence-electron chi connectivity index (χ3n) is 7.61. The van der Waals surface area contributed by atoms with Gasteiger partial charge in [0.25, 0.3) is 0 Å². The van der Waals surface area contributed by atoms with Crippen LogP contribution in [0.2, 0.25) is 0 Å². The van der Waals surface area contributed by atoms with Crippen molar-refractivity contribution in [3.05, 3.63) is 35.4 Å². The number of unbranched alkanes of at least 4 members (excludes halogenated alkanes) is 9. The number of carbonyl (C=O) groups excluding carboxylic acids is 2. The van der Waals surface area contributed by atoms with Crippen LogP contribution < -0.4 is 0 Å². The molecule has 0 atom stereocenters. The van der Waals surface area contributed by atoms with Gasteiger partial charge in [-0.3, -0.25) is 9.59 Å². The highest BCUT2D eigenvalue weighted by Crippen LogP contribution is 2.48. The predicted octanol–water partition coefficient (Wildman–Crippen LogP) is 10.5. The minimum atomic E-state index is -2.58. The fraction of sp³-hybridized carbons (Fsp3) is 0.765. The molecular formula is C34H59O3P. The first kappa shape index (κ1) is 34.8. The fourth-order valence-corrected chi connectivity index (χ4v) is 8.05. The Kier molecular flexibility index (Phi) is 18.9. The van der Waals surface area contributed by atoms with Crippen LogP contribution in [0.1, 0.15) is 147 Å². The summed E-state index contributed by atoms with van der Waals surface area (Å²) in [4.78, 5) is 25.8. The summed E-state index contributed by atoms with van der Waals surface area (Å²) in [5.74, 6) is 1.11. The molecule has 218 valence electrons. The maximum atomic E-state index is 13.8. The molecule has 38 heavy (non-hydrogen) atoms. The van der Waals surface area contributed by atoms with Crippen molar-refractivity contribution in [1.82, 2.24) is 0 Å². The van der Waals surface area contributed by atoms with E-state index in [-0.39, 0.29) is 24.1 Å². The van der Waals surface area contributed by atoms with E-state index in [1.807, 2.05) is 24.3 Å². The number of hydrogen-bond donors (Lipinski definition) is 0. The molecule has 4 heteroatoms. The van der Waals surface area contributed by atoms with Gasteiger partial charge in [-0.25, -0.2) is 0 Å². The van der Waals surface area contributed by atoms with Crippen LogP contribution in [-0.2, 0) is 15.8 Å². The predicted molar refractivity (Wildman–Crippen MR) is 166 cm³/mol. The number of aryl methyl sites for hydroxylation is 1. The second-order valence-corrected chi connectivity index (χ2v) is 15.8. The highest BCUT2D eigenvalue weighted by Gasteiger charge is 2.26. The molecule has 1 aromatic carbocycles. The molecule has 0 radical (unpaired) electrons. The lowest BCUT2D eigenvalue weighted by Gasteiger charge is -2.18. The first-order valence-corrected chi connectivity index (χ1v) is 18.1. The number of Topliss-reactive ketones (excluding diaryl/α,β-unsaturated/α-hetero) is 2. The minimum Gasteiger partial charge on any atom is -0.323 e. The van der Waals surface area contributed by atoms with Gasteiger partial charge in [-0.15, -0.1) is 0 Å². The van der Waals surface area contributed by atoms with Gasteiger partial charge in [0.1, 0.15) is 5.78 Å². The normalized spacial score (nSPS) is 12.0. The molecule has 0 unspecified atom stereocenters. The molecule has 0 aliphatic carbocycles. The van der Waals surface area contributed by atoms with E-state index >= 15 is 0 Å². The van der Waals surface area contributed by atoms with Crippen molar-refractivity contribution in [2.75, 3.05) is 18.5 Å². The molecule has 1 rings (SSSR count). The zero-order valence-corrected chi connectivity index (χ0v) is 26.5. The summed E-state index contributed by atoms with van der Waals surface area (Å²) in [5, 5.41) is 0. The summed E-state index contributed by atoms with van der Waals surface area (Å²) >= 11 is 0. The van der Waals surface area contributed by atoms with E-state index in [4.69, 9.17) is 0 Å². The average Bonchev–Trinajstić information content (AvgIpc) is 2.85. The summed E-state index contributed by atoms with van der Waals surface area (Å²) in [5.41, 5.74) is 1.85. The molecule has 1 aromatic rings. The Hall–Kier alpha value is -1.21. The van der Waals surface area contributed by atoms with Crippen molar-refractivity contribution >= 4 is 18.7 Å². The third kappa shape index (κ3) is 17.4. The molecule has 0 bridgehead atoms. The van der Waals surface area contributed by atoms with E-state index in [2.05, 4.69) is 34.6 Å². The van der Waals surface area contributed by atoms with E-state index in [0.29, 0.717) is 29.7 Å². The summed E-state index contributed by atoms with van der Waals surface area (Å²) in [6.45, 7) is 11.2. The van der Waals surface area contributed by atoms with E-state index in [1.165, 1.54) is 56.9 Å². The van der Waals surface area contributed by atoms with Crippen molar-refractivity contribution in [2.45, 2.75) is 137 Å². The largest absolute Gasteiger partial charge is 0.323 e. The van der Waals surface area contributed by atoms with Gasteiger partial charge in [-0.05, 0) is 43.1 Å². The Balaban J connectivity index is 2.57. The number of ketones is 2. The molecular weight excluding hydrogens is 487 g/mol. The van der Waals surface area contributed by atoms with Crippen LogP contribution in [0.3, 0.4) is 0 Å². The fourth-order valence-electron chi connectivity index (χ4n) is 5.15. The molecule has 0 saturated heterocycles. The monoisotopic (exact) mass is 546 g/mol. The van der Waals surface area contributed by atoms with Crippen LogP contribution in [0.5, 0.6) is 0 Å². The van der Waals surface area contributed by atoms with Gasteiger partial charge >= 0.3 is 0 Å². The van der Waals surface area contributed by atoms with Crippen LogP contribution >= 0.6 is 7.14 Å². The molecule has 0 spiro atoms. The smallest absolute Gasteiger partial charge is 0.170 e. The Morgan fingerprint density at radius 2 is 1.18 bits per heavy atom. The summed E-state index contributed by atoms with van der Waals surface area (Å²) < 4.78 is 13.8. The van der Waals surface area contributed by atoms with Crippen LogP contribution in [0, 0.1) is 11.8 Å². The summed E-state index contributed by atoms with van der Waals surface area (Å²) in [6, 6.07) is 7.79. The van der Waals surface area contributed by atoms with Crippen molar-refractivity contribution in [3.63, 3.8) is 0 Å². The first-order chi connectivity index (χ1) is 18.1. The molecule has 0 aromatic heterocycles. The van der Waals surface area contributed by atoms with Crippen molar-refractivity contribution < 1.29 is 14.2 Å². The highest BCUT2D eigenvalue weighted by molar-refractivity contribution is 7.64. The Bertz CT molecular complexity index is 788. The summed E-state index contributed by atoms with van der Waals surface area (Å²) in [6.07, 6.45) is 18.7. The molecule has 3 nitrogen and oxygen atoms in total.